The predicted molar refractivity (Wildman–Crippen MR) is 45.2 cm³/mol. The highest BCUT2D eigenvalue weighted by molar-refractivity contribution is 5.25. The number of aryl methyl sites for hydroxylation is 1. The van der Waals surface area contributed by atoms with Gasteiger partial charge in [-0.1, -0.05) is 12.1 Å². The van der Waals surface area contributed by atoms with Gasteiger partial charge in [0.1, 0.15) is 5.82 Å². The van der Waals surface area contributed by atoms with Gasteiger partial charge < -0.3 is 10.8 Å². The van der Waals surface area contributed by atoms with E-state index in [4.69, 9.17) is 10.8 Å². The lowest BCUT2D eigenvalue weighted by molar-refractivity contribution is 0.268. The topological polar surface area (TPSA) is 46.2 Å². The fraction of sp³-hybridized carbons (Fsp3) is 0.333. The fourth-order valence-corrected chi connectivity index (χ4v) is 0.945. The highest BCUT2D eigenvalue weighted by atomic mass is 19.1. The van der Waals surface area contributed by atoms with Crippen LogP contribution in [0.4, 0.5) is 4.39 Å². The standard InChI is InChI=1S/C9H12FNO/c1-6-2-3-7(4-8(6)10)9(11)5-12/h2-4,9,12H,5,11H2,1H3. The number of hydrogen-bond donors (Lipinski definition) is 2. The molecule has 66 valence electrons. The van der Waals surface area contributed by atoms with Gasteiger partial charge in [-0.25, -0.2) is 4.39 Å². The second-order valence-electron chi connectivity index (χ2n) is 2.80. The summed E-state index contributed by atoms with van der Waals surface area (Å²) in [4.78, 5) is 0. The molecule has 0 aliphatic heterocycles. The van der Waals surface area contributed by atoms with Crippen molar-refractivity contribution >= 4 is 0 Å². The molecule has 1 rings (SSSR count). The molecule has 3 N–H and O–H groups in total. The Hall–Kier alpha value is -0.930. The molecule has 0 saturated carbocycles. The maximum Gasteiger partial charge on any atom is 0.126 e. The second-order valence-corrected chi connectivity index (χ2v) is 2.80. The average molecular weight is 169 g/mol. The number of aliphatic hydroxyl groups is 1. The molecule has 0 heterocycles. The van der Waals surface area contributed by atoms with E-state index in [1.54, 1.807) is 19.1 Å². The van der Waals surface area contributed by atoms with E-state index in [1.165, 1.54) is 6.07 Å². The molecule has 0 radical (unpaired) electrons. The lowest BCUT2D eigenvalue weighted by Gasteiger charge is -2.08. The van der Waals surface area contributed by atoms with Crippen LogP contribution in [0.2, 0.25) is 0 Å². The number of aliphatic hydroxyl groups excluding tert-OH is 1. The maximum atomic E-state index is 12.9. The molecule has 0 spiro atoms. The van der Waals surface area contributed by atoms with Crippen molar-refractivity contribution in [2.45, 2.75) is 13.0 Å². The summed E-state index contributed by atoms with van der Waals surface area (Å²) in [6.07, 6.45) is 0. The van der Waals surface area contributed by atoms with Crippen LogP contribution in [0.1, 0.15) is 17.2 Å². The summed E-state index contributed by atoms with van der Waals surface area (Å²) >= 11 is 0. The summed E-state index contributed by atoms with van der Waals surface area (Å²) in [5.41, 5.74) is 6.71. The van der Waals surface area contributed by atoms with Gasteiger partial charge in [-0.15, -0.1) is 0 Å². The molecular formula is C9H12FNO. The third-order valence-electron chi connectivity index (χ3n) is 1.82. The second kappa shape index (κ2) is 3.65. The van der Waals surface area contributed by atoms with Crippen molar-refractivity contribution in [1.29, 1.82) is 0 Å². The molecule has 0 amide bonds. The molecular weight excluding hydrogens is 157 g/mol. The lowest BCUT2D eigenvalue weighted by atomic mass is 10.1. The Morgan fingerprint density at radius 3 is 2.75 bits per heavy atom. The lowest BCUT2D eigenvalue weighted by Crippen LogP contribution is -2.14. The Labute approximate surface area is 70.8 Å². The van der Waals surface area contributed by atoms with E-state index in [0.29, 0.717) is 11.1 Å². The van der Waals surface area contributed by atoms with Crippen LogP contribution >= 0.6 is 0 Å². The van der Waals surface area contributed by atoms with E-state index in [2.05, 4.69) is 0 Å². The van der Waals surface area contributed by atoms with Crippen LogP contribution in [0.25, 0.3) is 0 Å². The first-order valence-corrected chi connectivity index (χ1v) is 3.77. The summed E-state index contributed by atoms with van der Waals surface area (Å²) in [7, 11) is 0. The first kappa shape index (κ1) is 9.16. The Morgan fingerprint density at radius 1 is 1.58 bits per heavy atom. The van der Waals surface area contributed by atoms with Crippen LogP contribution in [0.15, 0.2) is 18.2 Å². The monoisotopic (exact) mass is 169 g/mol. The molecule has 0 bridgehead atoms. The molecule has 0 saturated heterocycles. The molecule has 0 aliphatic rings. The first-order chi connectivity index (χ1) is 5.65. The molecule has 3 heteroatoms. The van der Waals surface area contributed by atoms with Gasteiger partial charge in [-0.05, 0) is 24.1 Å². The zero-order valence-corrected chi connectivity index (χ0v) is 6.92. The Balaban J connectivity index is 2.96. The van der Waals surface area contributed by atoms with Crippen LogP contribution in [0, 0.1) is 12.7 Å². The van der Waals surface area contributed by atoms with Crippen molar-refractivity contribution < 1.29 is 9.50 Å². The van der Waals surface area contributed by atoms with E-state index < -0.39 is 6.04 Å². The summed E-state index contributed by atoms with van der Waals surface area (Å²) in [5.74, 6) is -0.281. The van der Waals surface area contributed by atoms with Crippen LogP contribution < -0.4 is 5.73 Å². The van der Waals surface area contributed by atoms with E-state index in [-0.39, 0.29) is 12.4 Å². The van der Waals surface area contributed by atoms with Crippen LogP contribution in [-0.4, -0.2) is 11.7 Å². The van der Waals surface area contributed by atoms with Gasteiger partial charge in [0.05, 0.1) is 12.6 Å². The van der Waals surface area contributed by atoms with E-state index in [1.807, 2.05) is 0 Å². The Morgan fingerprint density at radius 2 is 2.25 bits per heavy atom. The van der Waals surface area contributed by atoms with Crippen molar-refractivity contribution in [1.82, 2.24) is 0 Å². The molecule has 1 aromatic carbocycles. The first-order valence-electron chi connectivity index (χ1n) is 3.77. The van der Waals surface area contributed by atoms with Gasteiger partial charge in [0.2, 0.25) is 0 Å². The van der Waals surface area contributed by atoms with Crippen molar-refractivity contribution in [3.05, 3.63) is 35.1 Å². The van der Waals surface area contributed by atoms with Gasteiger partial charge in [-0.3, -0.25) is 0 Å². The molecule has 12 heavy (non-hydrogen) atoms. The highest BCUT2D eigenvalue weighted by Gasteiger charge is 2.05. The van der Waals surface area contributed by atoms with Gasteiger partial charge >= 0.3 is 0 Å². The molecule has 0 fully saturated rings. The van der Waals surface area contributed by atoms with Gasteiger partial charge in [0, 0.05) is 0 Å². The minimum atomic E-state index is -0.486. The molecule has 1 atom stereocenters. The number of hydrogen-bond acceptors (Lipinski definition) is 2. The van der Waals surface area contributed by atoms with E-state index in [9.17, 15) is 4.39 Å². The summed E-state index contributed by atoms with van der Waals surface area (Å²) in [6.45, 7) is 1.52. The normalized spacial score (nSPS) is 13.0. The van der Waals surface area contributed by atoms with Gasteiger partial charge in [0.15, 0.2) is 0 Å². The summed E-state index contributed by atoms with van der Waals surface area (Å²) in [5, 5.41) is 8.70. The van der Waals surface area contributed by atoms with Gasteiger partial charge in [-0.2, -0.15) is 0 Å². The highest BCUT2D eigenvalue weighted by Crippen LogP contribution is 2.13. The zero-order valence-electron chi connectivity index (χ0n) is 6.92. The van der Waals surface area contributed by atoms with E-state index in [0.717, 1.165) is 0 Å². The molecule has 1 aromatic rings. The number of nitrogens with two attached hydrogens (primary N) is 1. The molecule has 0 aromatic heterocycles. The van der Waals surface area contributed by atoms with Crippen molar-refractivity contribution in [2.24, 2.45) is 5.73 Å². The maximum absolute atomic E-state index is 12.9. The number of rotatable bonds is 2. The Kier molecular flexibility index (Phi) is 2.78. The molecule has 0 aliphatic carbocycles. The van der Waals surface area contributed by atoms with E-state index >= 15 is 0 Å². The Bertz CT molecular complexity index is 275. The SMILES string of the molecule is Cc1ccc(C(N)CO)cc1F. The van der Waals surface area contributed by atoms with Crippen molar-refractivity contribution in [3.8, 4) is 0 Å². The zero-order chi connectivity index (χ0) is 9.14. The summed E-state index contributed by atoms with van der Waals surface area (Å²) < 4.78 is 12.9. The quantitative estimate of drug-likeness (QED) is 0.697. The van der Waals surface area contributed by atoms with Gasteiger partial charge in [0.25, 0.3) is 0 Å². The third-order valence-corrected chi connectivity index (χ3v) is 1.82. The third kappa shape index (κ3) is 1.81. The van der Waals surface area contributed by atoms with Crippen LogP contribution in [0.5, 0.6) is 0 Å². The molecule has 2 nitrogen and oxygen atoms in total. The number of benzene rings is 1. The van der Waals surface area contributed by atoms with Crippen LogP contribution in [0.3, 0.4) is 0 Å². The largest absolute Gasteiger partial charge is 0.394 e. The predicted octanol–water partition coefficient (Wildman–Crippen LogP) is 1.13. The summed E-state index contributed by atoms with van der Waals surface area (Å²) in [6, 6.07) is 4.25. The number of halogens is 1. The fourth-order valence-electron chi connectivity index (χ4n) is 0.945. The minimum absolute atomic E-state index is 0.164. The molecule has 1 unspecified atom stereocenters. The van der Waals surface area contributed by atoms with Crippen molar-refractivity contribution in [3.63, 3.8) is 0 Å². The average Bonchev–Trinajstić information content (AvgIpc) is 2.08. The minimum Gasteiger partial charge on any atom is -0.394 e. The smallest absolute Gasteiger partial charge is 0.126 e. The van der Waals surface area contributed by atoms with Crippen molar-refractivity contribution in [2.75, 3.05) is 6.61 Å². The van der Waals surface area contributed by atoms with Crippen LogP contribution in [-0.2, 0) is 0 Å².